The molecule has 0 aromatic carbocycles. The molecule has 0 amide bonds. The van der Waals surface area contributed by atoms with Gasteiger partial charge in [-0.25, -0.2) is 9.78 Å². The van der Waals surface area contributed by atoms with Gasteiger partial charge in [-0.3, -0.25) is 4.57 Å². The van der Waals surface area contributed by atoms with Crippen molar-refractivity contribution in [2.75, 3.05) is 20.2 Å². The molecule has 3 heterocycles. The number of aliphatic hydroxyl groups excluding tert-OH is 2. The van der Waals surface area contributed by atoms with Gasteiger partial charge in [0, 0.05) is 26.4 Å². The summed E-state index contributed by atoms with van der Waals surface area (Å²) in [6.45, 7) is 0.637. The second-order valence-electron chi connectivity index (χ2n) is 5.87. The average molecular weight is 323 g/mol. The molecule has 2 aliphatic heterocycles. The molecular weight excluding hydrogens is 302 g/mol. The van der Waals surface area contributed by atoms with E-state index in [4.69, 9.17) is 9.84 Å². The molecule has 3 atom stereocenters. The van der Waals surface area contributed by atoms with Crippen LogP contribution in [0.25, 0.3) is 0 Å². The van der Waals surface area contributed by atoms with E-state index in [-0.39, 0.29) is 19.0 Å². The SMILES string of the molecule is CN1CCCC/C1=N\c1ncn([C@H]2C[C@H](O)[C@@H](CO)O2)c(=O)n1. The smallest absolute Gasteiger partial charge is 0.354 e. The highest BCUT2D eigenvalue weighted by Crippen LogP contribution is 2.27. The molecule has 2 saturated heterocycles. The van der Waals surface area contributed by atoms with Crippen molar-refractivity contribution in [2.45, 2.75) is 44.1 Å². The Bertz CT molecular complexity index is 646. The van der Waals surface area contributed by atoms with Crippen molar-refractivity contribution in [3.8, 4) is 0 Å². The third-order valence-electron chi connectivity index (χ3n) is 4.22. The van der Waals surface area contributed by atoms with Crippen LogP contribution in [0, 0.1) is 0 Å². The monoisotopic (exact) mass is 323 g/mol. The van der Waals surface area contributed by atoms with Gasteiger partial charge in [0.15, 0.2) is 0 Å². The lowest BCUT2D eigenvalue weighted by molar-refractivity contribution is -0.0462. The number of hydrogen-bond donors (Lipinski definition) is 2. The van der Waals surface area contributed by atoms with Crippen molar-refractivity contribution >= 4 is 11.8 Å². The fourth-order valence-electron chi connectivity index (χ4n) is 2.85. The van der Waals surface area contributed by atoms with Gasteiger partial charge in [0.25, 0.3) is 5.95 Å². The molecule has 0 unspecified atom stereocenters. The van der Waals surface area contributed by atoms with Crippen LogP contribution in [0.4, 0.5) is 5.95 Å². The molecule has 2 N–H and O–H groups in total. The maximum absolute atomic E-state index is 12.2. The maximum atomic E-state index is 12.2. The minimum atomic E-state index is -0.812. The molecule has 23 heavy (non-hydrogen) atoms. The highest BCUT2D eigenvalue weighted by molar-refractivity contribution is 5.84. The molecule has 3 rings (SSSR count). The van der Waals surface area contributed by atoms with E-state index in [2.05, 4.69) is 15.0 Å². The molecular formula is C14H21N5O4. The molecule has 1 aromatic rings. The standard InChI is InChI=1S/C14H21N5O4/c1-18-5-3-2-4-11(18)16-13-15-8-19(14(22)17-13)12-6-9(21)10(7-20)23-12/h8-10,12,20-21H,2-7H2,1H3/b16-11+/t9-,10+,12+/m0/s1. The second kappa shape index (κ2) is 6.73. The summed E-state index contributed by atoms with van der Waals surface area (Å²) in [4.78, 5) is 26.5. The van der Waals surface area contributed by atoms with Crippen LogP contribution in [0.1, 0.15) is 31.9 Å². The van der Waals surface area contributed by atoms with E-state index in [0.717, 1.165) is 31.6 Å². The molecule has 9 nitrogen and oxygen atoms in total. The first-order chi connectivity index (χ1) is 11.1. The first-order valence-corrected chi connectivity index (χ1v) is 7.76. The van der Waals surface area contributed by atoms with Gasteiger partial charge >= 0.3 is 5.69 Å². The van der Waals surface area contributed by atoms with E-state index in [1.165, 1.54) is 10.9 Å². The third kappa shape index (κ3) is 3.41. The van der Waals surface area contributed by atoms with Crippen molar-refractivity contribution < 1.29 is 14.9 Å². The lowest BCUT2D eigenvalue weighted by atomic mass is 10.1. The number of ether oxygens (including phenoxy) is 1. The van der Waals surface area contributed by atoms with Crippen LogP contribution in [0.3, 0.4) is 0 Å². The first kappa shape index (κ1) is 16.0. The van der Waals surface area contributed by atoms with Crippen molar-refractivity contribution in [3.05, 3.63) is 16.8 Å². The van der Waals surface area contributed by atoms with Crippen LogP contribution in [0.2, 0.25) is 0 Å². The highest BCUT2D eigenvalue weighted by Gasteiger charge is 2.35. The number of aliphatic hydroxyl groups is 2. The van der Waals surface area contributed by atoms with Crippen LogP contribution >= 0.6 is 0 Å². The summed E-state index contributed by atoms with van der Waals surface area (Å²) in [6, 6.07) is 0. The Morgan fingerprint density at radius 1 is 1.48 bits per heavy atom. The summed E-state index contributed by atoms with van der Waals surface area (Å²) in [6.07, 6.45) is 2.41. The summed E-state index contributed by atoms with van der Waals surface area (Å²) in [5, 5.41) is 18.8. The molecule has 0 bridgehead atoms. The Labute approximate surface area is 133 Å². The Balaban J connectivity index is 1.79. The Morgan fingerprint density at radius 2 is 2.30 bits per heavy atom. The van der Waals surface area contributed by atoms with Gasteiger partial charge in [-0.05, 0) is 12.8 Å². The van der Waals surface area contributed by atoms with Gasteiger partial charge < -0.3 is 19.8 Å². The minimum Gasteiger partial charge on any atom is -0.394 e. The molecule has 0 spiro atoms. The predicted molar refractivity (Wildman–Crippen MR) is 81.5 cm³/mol. The molecule has 9 heteroatoms. The van der Waals surface area contributed by atoms with Gasteiger partial charge in [0.2, 0.25) is 0 Å². The number of aromatic nitrogens is 3. The topological polar surface area (TPSA) is 113 Å². The lowest BCUT2D eigenvalue weighted by Gasteiger charge is -2.25. The quantitative estimate of drug-likeness (QED) is 0.765. The van der Waals surface area contributed by atoms with E-state index >= 15 is 0 Å². The Hall–Kier alpha value is -1.84. The number of likely N-dealkylation sites (tertiary alicyclic amines) is 1. The van der Waals surface area contributed by atoms with Crippen molar-refractivity contribution in [1.29, 1.82) is 0 Å². The summed E-state index contributed by atoms with van der Waals surface area (Å²) in [7, 11) is 1.96. The average Bonchev–Trinajstić information content (AvgIpc) is 2.90. The van der Waals surface area contributed by atoms with Gasteiger partial charge in [0.1, 0.15) is 24.5 Å². The van der Waals surface area contributed by atoms with Gasteiger partial charge in [0.05, 0.1) is 12.7 Å². The van der Waals surface area contributed by atoms with Crippen LogP contribution in [-0.2, 0) is 4.74 Å². The molecule has 2 fully saturated rings. The van der Waals surface area contributed by atoms with Crippen molar-refractivity contribution in [1.82, 2.24) is 19.4 Å². The summed E-state index contributed by atoms with van der Waals surface area (Å²) >= 11 is 0. The zero-order valence-electron chi connectivity index (χ0n) is 13.0. The zero-order chi connectivity index (χ0) is 16.4. The molecule has 0 radical (unpaired) electrons. The van der Waals surface area contributed by atoms with Crippen LogP contribution < -0.4 is 5.69 Å². The normalized spacial score (nSPS) is 30.1. The predicted octanol–water partition coefficient (Wildman–Crippen LogP) is -0.575. The molecule has 2 aliphatic rings. The molecule has 0 aliphatic carbocycles. The van der Waals surface area contributed by atoms with E-state index in [1.54, 1.807) is 0 Å². The van der Waals surface area contributed by atoms with E-state index in [0.29, 0.717) is 0 Å². The lowest BCUT2D eigenvalue weighted by Crippen LogP contribution is -2.32. The van der Waals surface area contributed by atoms with E-state index in [9.17, 15) is 9.90 Å². The molecule has 126 valence electrons. The van der Waals surface area contributed by atoms with E-state index < -0.39 is 24.1 Å². The fraction of sp³-hybridized carbons (Fsp3) is 0.714. The minimum absolute atomic E-state index is 0.132. The summed E-state index contributed by atoms with van der Waals surface area (Å²) < 4.78 is 6.65. The highest BCUT2D eigenvalue weighted by atomic mass is 16.5. The van der Waals surface area contributed by atoms with E-state index in [1.807, 2.05) is 11.9 Å². The molecule has 0 saturated carbocycles. The second-order valence-corrected chi connectivity index (χ2v) is 5.87. The van der Waals surface area contributed by atoms with Crippen LogP contribution in [0.5, 0.6) is 0 Å². The summed E-state index contributed by atoms with van der Waals surface area (Å²) in [5.41, 5.74) is -0.534. The number of hydrogen-bond acceptors (Lipinski definition) is 7. The number of aliphatic imine (C=N–C) groups is 1. The number of rotatable bonds is 3. The van der Waals surface area contributed by atoms with Crippen LogP contribution in [-0.4, -0.2) is 67.9 Å². The maximum Gasteiger partial charge on any atom is 0.354 e. The first-order valence-electron chi connectivity index (χ1n) is 7.76. The third-order valence-corrected chi connectivity index (χ3v) is 4.22. The van der Waals surface area contributed by atoms with Gasteiger partial charge in [-0.15, -0.1) is 0 Å². The molecule has 1 aromatic heterocycles. The van der Waals surface area contributed by atoms with Crippen molar-refractivity contribution in [2.24, 2.45) is 4.99 Å². The zero-order valence-corrected chi connectivity index (χ0v) is 13.0. The van der Waals surface area contributed by atoms with Gasteiger partial charge in [-0.2, -0.15) is 9.98 Å². The fourth-order valence-corrected chi connectivity index (χ4v) is 2.85. The number of piperidine rings is 1. The summed E-state index contributed by atoms with van der Waals surface area (Å²) in [5.74, 6) is 1.01. The van der Waals surface area contributed by atoms with Gasteiger partial charge in [-0.1, -0.05) is 0 Å². The Morgan fingerprint density at radius 3 is 2.96 bits per heavy atom. The van der Waals surface area contributed by atoms with Crippen molar-refractivity contribution in [3.63, 3.8) is 0 Å². The Kier molecular flexibility index (Phi) is 4.69. The van der Waals surface area contributed by atoms with Crippen LogP contribution in [0.15, 0.2) is 16.1 Å². The number of amidine groups is 1. The largest absolute Gasteiger partial charge is 0.394 e. The number of nitrogens with zero attached hydrogens (tertiary/aromatic N) is 5.